The van der Waals surface area contributed by atoms with Gasteiger partial charge in [0.2, 0.25) is 0 Å². The third-order valence-corrected chi connectivity index (χ3v) is 5.86. The molecule has 0 bridgehead atoms. The van der Waals surface area contributed by atoms with E-state index in [0.29, 0.717) is 22.6 Å². The Balaban J connectivity index is 1.73. The molecule has 1 aliphatic heterocycles. The number of aromatic nitrogens is 1. The Hall–Kier alpha value is -2.31. The molecular formula is C22H21ClF3N3. The molecule has 1 aromatic heterocycles. The van der Waals surface area contributed by atoms with E-state index in [1.54, 1.807) is 12.1 Å². The van der Waals surface area contributed by atoms with Crippen LogP contribution in [0.25, 0.3) is 10.9 Å². The van der Waals surface area contributed by atoms with Crippen LogP contribution in [0.1, 0.15) is 24.1 Å². The van der Waals surface area contributed by atoms with Gasteiger partial charge in [-0.2, -0.15) is 13.2 Å². The number of hydrogen-bond donors (Lipinski definition) is 2. The summed E-state index contributed by atoms with van der Waals surface area (Å²) in [6, 6.07) is 16.0. The fourth-order valence-corrected chi connectivity index (χ4v) is 4.19. The van der Waals surface area contributed by atoms with E-state index in [9.17, 15) is 13.2 Å². The quantitative estimate of drug-likeness (QED) is 0.574. The fourth-order valence-electron chi connectivity index (χ4n) is 4.02. The topological polar surface area (TPSA) is 37.0 Å². The molecule has 3 nitrogen and oxygen atoms in total. The predicted molar refractivity (Wildman–Crippen MR) is 110 cm³/mol. The standard InChI is InChI=1S/C22H21ClF3N3/c23-16-6-7-18-17(12-16)19(13-20(29-18)22(24,25)26)28-14-21(8-10-27-11-9-21)15-4-2-1-3-5-15/h1-7,12-13,27H,8-11,14H2,(H,28,29). The number of halogens is 4. The number of alkyl halides is 3. The molecule has 29 heavy (non-hydrogen) atoms. The second-order valence-electron chi connectivity index (χ2n) is 7.46. The molecule has 0 spiro atoms. The summed E-state index contributed by atoms with van der Waals surface area (Å²) in [6.07, 6.45) is -2.71. The summed E-state index contributed by atoms with van der Waals surface area (Å²) in [6.45, 7) is 2.27. The second kappa shape index (κ2) is 7.84. The highest BCUT2D eigenvalue weighted by Crippen LogP contribution is 2.37. The highest BCUT2D eigenvalue weighted by molar-refractivity contribution is 6.31. The predicted octanol–water partition coefficient (Wildman–Crippen LogP) is 5.64. The fraction of sp³-hybridized carbons (Fsp3) is 0.318. The first kappa shape index (κ1) is 20.0. The molecule has 2 heterocycles. The minimum atomic E-state index is -4.52. The molecule has 0 amide bonds. The van der Waals surface area contributed by atoms with Crippen molar-refractivity contribution in [2.45, 2.75) is 24.4 Å². The molecule has 0 unspecified atom stereocenters. The van der Waals surface area contributed by atoms with Gasteiger partial charge in [0.15, 0.2) is 0 Å². The van der Waals surface area contributed by atoms with Crippen LogP contribution in [0.3, 0.4) is 0 Å². The molecule has 1 aliphatic rings. The Morgan fingerprint density at radius 1 is 1.03 bits per heavy atom. The van der Waals surface area contributed by atoms with Gasteiger partial charge >= 0.3 is 6.18 Å². The third-order valence-electron chi connectivity index (χ3n) is 5.63. The number of fused-ring (bicyclic) bond motifs is 1. The van der Waals surface area contributed by atoms with Crippen LogP contribution in [-0.2, 0) is 11.6 Å². The Morgan fingerprint density at radius 2 is 1.76 bits per heavy atom. The molecule has 2 N–H and O–H groups in total. The van der Waals surface area contributed by atoms with E-state index >= 15 is 0 Å². The largest absolute Gasteiger partial charge is 0.433 e. The van der Waals surface area contributed by atoms with Crippen molar-refractivity contribution < 1.29 is 13.2 Å². The van der Waals surface area contributed by atoms with Crippen molar-refractivity contribution in [3.63, 3.8) is 0 Å². The summed E-state index contributed by atoms with van der Waals surface area (Å²) in [7, 11) is 0. The molecule has 0 atom stereocenters. The molecule has 2 aromatic carbocycles. The Kier molecular flexibility index (Phi) is 5.40. The summed E-state index contributed by atoms with van der Waals surface area (Å²) in [5.41, 5.74) is 0.804. The van der Waals surface area contributed by atoms with Crippen molar-refractivity contribution in [1.82, 2.24) is 10.3 Å². The van der Waals surface area contributed by atoms with Crippen LogP contribution in [0.15, 0.2) is 54.6 Å². The van der Waals surface area contributed by atoms with Crippen molar-refractivity contribution in [3.8, 4) is 0 Å². The number of rotatable bonds is 4. The SMILES string of the molecule is FC(F)(F)c1cc(NCC2(c3ccccc3)CCNCC2)c2cc(Cl)ccc2n1. The van der Waals surface area contributed by atoms with Gasteiger partial charge in [-0.1, -0.05) is 41.9 Å². The van der Waals surface area contributed by atoms with Gasteiger partial charge in [-0.05, 0) is 55.8 Å². The Labute approximate surface area is 172 Å². The van der Waals surface area contributed by atoms with E-state index in [-0.39, 0.29) is 10.9 Å². The van der Waals surface area contributed by atoms with E-state index in [1.807, 2.05) is 18.2 Å². The summed E-state index contributed by atoms with van der Waals surface area (Å²) in [5.74, 6) is 0. The average Bonchev–Trinajstić information content (AvgIpc) is 2.72. The summed E-state index contributed by atoms with van der Waals surface area (Å²) in [5, 5.41) is 7.73. The van der Waals surface area contributed by atoms with E-state index in [2.05, 4.69) is 27.8 Å². The number of anilines is 1. The molecule has 0 saturated carbocycles. The first-order valence-corrected chi connectivity index (χ1v) is 9.93. The minimum absolute atomic E-state index is 0.154. The highest BCUT2D eigenvalue weighted by atomic mass is 35.5. The summed E-state index contributed by atoms with van der Waals surface area (Å²) >= 11 is 6.11. The third kappa shape index (κ3) is 4.19. The normalized spacial score (nSPS) is 16.7. The van der Waals surface area contributed by atoms with Gasteiger partial charge in [-0.15, -0.1) is 0 Å². The number of pyridine rings is 1. The van der Waals surface area contributed by atoms with Crippen LogP contribution >= 0.6 is 11.6 Å². The molecular weight excluding hydrogens is 399 g/mol. The first-order chi connectivity index (χ1) is 13.9. The van der Waals surface area contributed by atoms with Crippen LogP contribution in [0.5, 0.6) is 0 Å². The molecule has 0 aliphatic carbocycles. The molecule has 0 radical (unpaired) electrons. The lowest BCUT2D eigenvalue weighted by Crippen LogP contribution is -2.44. The van der Waals surface area contributed by atoms with Crippen LogP contribution in [-0.4, -0.2) is 24.6 Å². The molecule has 1 saturated heterocycles. The van der Waals surface area contributed by atoms with Crippen molar-refractivity contribution >= 4 is 28.2 Å². The molecule has 4 rings (SSSR count). The van der Waals surface area contributed by atoms with Crippen LogP contribution in [0, 0.1) is 0 Å². The van der Waals surface area contributed by atoms with Gasteiger partial charge in [0.05, 0.1) is 5.52 Å². The van der Waals surface area contributed by atoms with Crippen LogP contribution in [0.4, 0.5) is 18.9 Å². The maximum absolute atomic E-state index is 13.4. The van der Waals surface area contributed by atoms with Crippen LogP contribution in [0.2, 0.25) is 5.02 Å². The molecule has 1 fully saturated rings. The zero-order valence-electron chi connectivity index (χ0n) is 15.7. The van der Waals surface area contributed by atoms with Crippen molar-refractivity contribution in [1.29, 1.82) is 0 Å². The summed E-state index contributed by atoms with van der Waals surface area (Å²) < 4.78 is 40.2. The van der Waals surface area contributed by atoms with Gasteiger partial charge in [0, 0.05) is 28.1 Å². The number of hydrogen-bond acceptors (Lipinski definition) is 3. The van der Waals surface area contributed by atoms with Gasteiger partial charge in [-0.3, -0.25) is 0 Å². The maximum atomic E-state index is 13.4. The zero-order valence-corrected chi connectivity index (χ0v) is 16.4. The lowest BCUT2D eigenvalue weighted by Gasteiger charge is -2.39. The Morgan fingerprint density at radius 3 is 2.45 bits per heavy atom. The van der Waals surface area contributed by atoms with Crippen molar-refractivity contribution in [2.24, 2.45) is 0 Å². The van der Waals surface area contributed by atoms with E-state index in [1.165, 1.54) is 11.6 Å². The van der Waals surface area contributed by atoms with Gasteiger partial charge in [0.25, 0.3) is 0 Å². The molecule has 152 valence electrons. The van der Waals surface area contributed by atoms with Crippen molar-refractivity contribution in [3.05, 3.63) is 70.9 Å². The lowest BCUT2D eigenvalue weighted by molar-refractivity contribution is -0.140. The van der Waals surface area contributed by atoms with E-state index in [0.717, 1.165) is 32.0 Å². The number of benzene rings is 2. The molecule has 3 aromatic rings. The second-order valence-corrected chi connectivity index (χ2v) is 7.90. The Bertz CT molecular complexity index is 999. The molecule has 7 heteroatoms. The monoisotopic (exact) mass is 419 g/mol. The van der Waals surface area contributed by atoms with E-state index < -0.39 is 11.9 Å². The number of piperidine rings is 1. The van der Waals surface area contributed by atoms with Gasteiger partial charge < -0.3 is 10.6 Å². The van der Waals surface area contributed by atoms with E-state index in [4.69, 9.17) is 11.6 Å². The average molecular weight is 420 g/mol. The zero-order chi connectivity index (χ0) is 20.5. The summed E-state index contributed by atoms with van der Waals surface area (Å²) in [4.78, 5) is 3.78. The highest BCUT2D eigenvalue weighted by Gasteiger charge is 2.35. The smallest absolute Gasteiger partial charge is 0.384 e. The van der Waals surface area contributed by atoms with Gasteiger partial charge in [-0.25, -0.2) is 4.98 Å². The van der Waals surface area contributed by atoms with Crippen molar-refractivity contribution in [2.75, 3.05) is 25.0 Å². The van der Waals surface area contributed by atoms with Crippen LogP contribution < -0.4 is 10.6 Å². The van der Waals surface area contributed by atoms with Gasteiger partial charge in [0.1, 0.15) is 5.69 Å². The number of nitrogens with one attached hydrogen (secondary N) is 2. The first-order valence-electron chi connectivity index (χ1n) is 9.55. The lowest BCUT2D eigenvalue weighted by atomic mass is 9.73. The maximum Gasteiger partial charge on any atom is 0.433 e. The minimum Gasteiger partial charge on any atom is -0.384 e. The number of nitrogens with zero attached hydrogens (tertiary/aromatic N) is 1.